The van der Waals surface area contributed by atoms with Crippen molar-refractivity contribution in [2.45, 2.75) is 25.4 Å². The number of carbonyl (C=O) groups excluding carboxylic acids is 1. The molecule has 28 heavy (non-hydrogen) atoms. The van der Waals surface area contributed by atoms with Crippen LogP contribution >= 0.6 is 23.2 Å². The van der Waals surface area contributed by atoms with E-state index in [2.05, 4.69) is 5.32 Å². The molecule has 1 N–H and O–H groups in total. The number of amides is 1. The molecule has 0 saturated carbocycles. The van der Waals surface area contributed by atoms with Gasteiger partial charge in [-0.25, -0.2) is 4.21 Å². The zero-order valence-corrected chi connectivity index (χ0v) is 17.4. The lowest BCUT2D eigenvalue weighted by atomic mass is 10.1. The smallest absolute Gasteiger partial charge is 0.257 e. The Bertz CT molecular complexity index is 932. The van der Waals surface area contributed by atoms with Crippen LogP contribution in [0.3, 0.4) is 0 Å². The first kappa shape index (κ1) is 19.7. The van der Waals surface area contributed by atoms with Gasteiger partial charge in [0.05, 0.1) is 22.4 Å². The first-order valence-electron chi connectivity index (χ1n) is 9.20. The van der Waals surface area contributed by atoms with E-state index in [0.29, 0.717) is 33.6 Å². The van der Waals surface area contributed by atoms with Crippen molar-refractivity contribution < 1.29 is 13.7 Å². The monoisotopic (exact) mass is 438 g/mol. The van der Waals surface area contributed by atoms with E-state index >= 15 is 0 Å². The Balaban J connectivity index is 1.57. The SMILES string of the molecule is O=C(Nc1cc(Cl)cc([C@H]2CCCO2)c1)c1cc(N2CCCS2=O)ccc1Cl. The van der Waals surface area contributed by atoms with Crippen molar-refractivity contribution in [2.24, 2.45) is 0 Å². The van der Waals surface area contributed by atoms with Crippen molar-refractivity contribution in [3.05, 3.63) is 57.6 Å². The Morgan fingerprint density at radius 2 is 2.04 bits per heavy atom. The second-order valence-electron chi connectivity index (χ2n) is 6.87. The molecule has 2 aromatic rings. The maximum absolute atomic E-state index is 12.9. The molecule has 1 amide bonds. The molecule has 8 heteroatoms. The highest BCUT2D eigenvalue weighted by molar-refractivity contribution is 7.86. The molecule has 1 unspecified atom stereocenters. The van der Waals surface area contributed by atoms with Crippen LogP contribution in [0.15, 0.2) is 36.4 Å². The first-order chi connectivity index (χ1) is 13.5. The normalized spacial score (nSPS) is 21.9. The van der Waals surface area contributed by atoms with Crippen molar-refractivity contribution >= 4 is 51.5 Å². The number of benzene rings is 2. The fraction of sp³-hybridized carbons (Fsp3) is 0.350. The molecule has 148 valence electrons. The molecule has 2 aliphatic heterocycles. The molecule has 0 radical (unpaired) electrons. The number of carbonyl (C=O) groups is 1. The minimum atomic E-state index is -1.06. The molecular formula is C20H20Cl2N2O3S. The summed E-state index contributed by atoms with van der Waals surface area (Å²) in [6.07, 6.45) is 2.82. The standard InChI is InChI=1S/C20H20Cl2N2O3S/c21-14-9-13(19-3-1-7-27-19)10-15(11-14)23-20(25)17-12-16(4-5-18(17)22)24-6-2-8-28(24)26/h4-5,9-12,19H,1-3,6-8H2,(H,23,25)/t19-,28?/m1/s1. The van der Waals surface area contributed by atoms with Gasteiger partial charge in [-0.05, 0) is 61.2 Å². The quantitative estimate of drug-likeness (QED) is 0.732. The first-order valence-corrected chi connectivity index (χ1v) is 11.2. The van der Waals surface area contributed by atoms with Gasteiger partial charge < -0.3 is 10.1 Å². The lowest BCUT2D eigenvalue weighted by Crippen LogP contribution is -2.20. The maximum atomic E-state index is 12.9. The highest BCUT2D eigenvalue weighted by atomic mass is 35.5. The van der Waals surface area contributed by atoms with Crippen molar-refractivity contribution in [2.75, 3.05) is 28.5 Å². The van der Waals surface area contributed by atoms with Gasteiger partial charge >= 0.3 is 0 Å². The zero-order chi connectivity index (χ0) is 19.7. The van der Waals surface area contributed by atoms with Crippen molar-refractivity contribution in [1.82, 2.24) is 0 Å². The van der Waals surface area contributed by atoms with Crippen LogP contribution in [-0.2, 0) is 15.7 Å². The maximum Gasteiger partial charge on any atom is 0.257 e. The molecule has 0 spiro atoms. The van der Waals surface area contributed by atoms with E-state index in [1.807, 2.05) is 12.1 Å². The summed E-state index contributed by atoms with van der Waals surface area (Å²) in [4.78, 5) is 12.9. The van der Waals surface area contributed by atoms with Crippen LogP contribution in [0.25, 0.3) is 0 Å². The van der Waals surface area contributed by atoms with Gasteiger partial charge in [0.2, 0.25) is 0 Å². The van der Waals surface area contributed by atoms with Crippen LogP contribution in [0.1, 0.15) is 41.3 Å². The molecule has 4 rings (SSSR count). The Hall–Kier alpha value is -1.60. The Morgan fingerprint density at radius 3 is 2.75 bits per heavy atom. The van der Waals surface area contributed by atoms with E-state index in [0.717, 1.165) is 37.1 Å². The van der Waals surface area contributed by atoms with Gasteiger partial charge in [0.25, 0.3) is 5.91 Å². The van der Waals surface area contributed by atoms with Crippen LogP contribution in [0.2, 0.25) is 10.0 Å². The Kier molecular flexibility index (Phi) is 5.92. The number of anilines is 2. The highest BCUT2D eigenvalue weighted by Crippen LogP contribution is 2.33. The van der Waals surface area contributed by atoms with E-state index < -0.39 is 11.0 Å². The average Bonchev–Trinajstić information content (AvgIpc) is 3.33. The molecule has 2 saturated heterocycles. The minimum absolute atomic E-state index is 0.00594. The molecule has 2 atom stereocenters. The zero-order valence-electron chi connectivity index (χ0n) is 15.1. The van der Waals surface area contributed by atoms with E-state index in [1.165, 1.54) is 0 Å². The molecule has 2 heterocycles. The molecule has 2 aromatic carbocycles. The Morgan fingerprint density at radius 1 is 1.18 bits per heavy atom. The van der Waals surface area contributed by atoms with E-state index in [1.54, 1.807) is 28.6 Å². The van der Waals surface area contributed by atoms with Gasteiger partial charge in [-0.3, -0.25) is 9.10 Å². The fourth-order valence-corrected chi connectivity index (χ4v) is 5.27. The summed E-state index contributed by atoms with van der Waals surface area (Å²) in [6, 6.07) is 10.6. The van der Waals surface area contributed by atoms with E-state index in [-0.39, 0.29) is 12.0 Å². The average molecular weight is 439 g/mol. The lowest BCUT2D eigenvalue weighted by molar-refractivity contribution is 0.102. The highest BCUT2D eigenvalue weighted by Gasteiger charge is 2.23. The molecule has 0 aliphatic carbocycles. The minimum Gasteiger partial charge on any atom is -0.374 e. The summed E-state index contributed by atoms with van der Waals surface area (Å²) in [5, 5.41) is 3.75. The van der Waals surface area contributed by atoms with Gasteiger partial charge in [0, 0.05) is 29.6 Å². The molecule has 2 fully saturated rings. The number of nitrogens with zero attached hydrogens (tertiary/aromatic N) is 1. The third-order valence-corrected chi connectivity index (χ3v) is 6.96. The van der Waals surface area contributed by atoms with Crippen molar-refractivity contribution in [3.8, 4) is 0 Å². The largest absolute Gasteiger partial charge is 0.374 e. The third-order valence-electron chi connectivity index (χ3n) is 4.89. The van der Waals surface area contributed by atoms with Crippen LogP contribution in [-0.4, -0.2) is 29.0 Å². The van der Waals surface area contributed by atoms with Crippen LogP contribution in [0.4, 0.5) is 11.4 Å². The number of hydrogen-bond donors (Lipinski definition) is 1. The predicted octanol–water partition coefficient (Wildman–Crippen LogP) is 4.97. The number of ether oxygens (including phenoxy) is 1. The molecule has 0 aromatic heterocycles. The summed E-state index contributed by atoms with van der Waals surface area (Å²) in [7, 11) is -1.06. The van der Waals surface area contributed by atoms with E-state index in [4.69, 9.17) is 27.9 Å². The second kappa shape index (κ2) is 8.41. The summed E-state index contributed by atoms with van der Waals surface area (Å²) in [5.41, 5.74) is 2.61. The number of rotatable bonds is 4. The number of halogens is 2. The van der Waals surface area contributed by atoms with Crippen LogP contribution in [0, 0.1) is 0 Å². The molecule has 5 nitrogen and oxygen atoms in total. The van der Waals surface area contributed by atoms with Gasteiger partial charge in [-0.15, -0.1) is 0 Å². The van der Waals surface area contributed by atoms with Crippen molar-refractivity contribution in [3.63, 3.8) is 0 Å². The van der Waals surface area contributed by atoms with Crippen LogP contribution in [0.5, 0.6) is 0 Å². The Labute approximate surface area is 176 Å². The van der Waals surface area contributed by atoms with Gasteiger partial charge in [0.1, 0.15) is 11.0 Å². The lowest BCUT2D eigenvalue weighted by Gasteiger charge is -2.18. The van der Waals surface area contributed by atoms with Gasteiger partial charge in [-0.1, -0.05) is 23.2 Å². The fourth-order valence-electron chi connectivity index (χ4n) is 3.54. The summed E-state index contributed by atoms with van der Waals surface area (Å²) >= 11 is 12.5. The summed E-state index contributed by atoms with van der Waals surface area (Å²) in [6.45, 7) is 1.44. The number of hydrogen-bond acceptors (Lipinski definition) is 3. The molecule has 2 aliphatic rings. The van der Waals surface area contributed by atoms with Gasteiger partial charge in [0.15, 0.2) is 0 Å². The molecular weight excluding hydrogens is 419 g/mol. The third kappa shape index (κ3) is 4.20. The topological polar surface area (TPSA) is 58.6 Å². The second-order valence-corrected chi connectivity index (χ2v) is 9.21. The molecule has 0 bridgehead atoms. The summed E-state index contributed by atoms with van der Waals surface area (Å²) < 4.78 is 19.6. The van der Waals surface area contributed by atoms with Crippen molar-refractivity contribution in [1.29, 1.82) is 0 Å². The van der Waals surface area contributed by atoms with Gasteiger partial charge in [-0.2, -0.15) is 0 Å². The predicted molar refractivity (Wildman–Crippen MR) is 114 cm³/mol. The summed E-state index contributed by atoms with van der Waals surface area (Å²) in [5.74, 6) is 0.302. The van der Waals surface area contributed by atoms with Crippen LogP contribution < -0.4 is 9.62 Å². The number of nitrogens with one attached hydrogen (secondary N) is 1. The van der Waals surface area contributed by atoms with E-state index in [9.17, 15) is 9.00 Å².